The van der Waals surface area contributed by atoms with Crippen molar-refractivity contribution in [3.8, 4) is 6.07 Å². The molecule has 3 nitrogen and oxygen atoms in total. The number of rotatable bonds is 0. The first-order valence-electron chi connectivity index (χ1n) is 3.17. The van der Waals surface area contributed by atoms with Gasteiger partial charge in [0.2, 0.25) is 0 Å². The van der Waals surface area contributed by atoms with Crippen LogP contribution in [-0.2, 0) is 9.84 Å². The van der Waals surface area contributed by atoms with E-state index in [0.717, 1.165) is 0 Å². The molecule has 0 bridgehead atoms. The van der Waals surface area contributed by atoms with Crippen molar-refractivity contribution in [3.05, 3.63) is 0 Å². The van der Waals surface area contributed by atoms with E-state index in [-0.39, 0.29) is 16.9 Å². The van der Waals surface area contributed by atoms with E-state index >= 15 is 0 Å². The Morgan fingerprint density at radius 2 is 2.20 bits per heavy atom. The van der Waals surface area contributed by atoms with Gasteiger partial charge >= 0.3 is 0 Å². The molecule has 1 fully saturated rings. The standard InChI is InChI=1S/C6H9NO2S/c1-5-2-6(3-7)4-10(5,8)9/h5-6H,2,4H2,1H3. The average Bonchev–Trinajstić information content (AvgIpc) is 2.08. The van der Waals surface area contributed by atoms with Crippen molar-refractivity contribution < 1.29 is 8.42 Å². The molecule has 1 rings (SSSR count). The van der Waals surface area contributed by atoms with Crippen LogP contribution < -0.4 is 0 Å². The van der Waals surface area contributed by atoms with Crippen LogP contribution in [0.2, 0.25) is 0 Å². The maximum absolute atomic E-state index is 11.0. The molecule has 0 N–H and O–H groups in total. The van der Waals surface area contributed by atoms with Crippen LogP contribution in [0.5, 0.6) is 0 Å². The first kappa shape index (κ1) is 7.55. The zero-order chi connectivity index (χ0) is 7.78. The maximum atomic E-state index is 11.0. The number of nitrogens with zero attached hydrogens (tertiary/aromatic N) is 1. The Labute approximate surface area is 60.6 Å². The number of hydrogen-bond donors (Lipinski definition) is 0. The second-order valence-corrected chi connectivity index (χ2v) is 5.17. The molecule has 0 radical (unpaired) electrons. The number of hydrogen-bond acceptors (Lipinski definition) is 3. The summed E-state index contributed by atoms with van der Waals surface area (Å²) in [5, 5.41) is 8.09. The van der Waals surface area contributed by atoms with E-state index in [1.165, 1.54) is 0 Å². The number of nitriles is 1. The van der Waals surface area contributed by atoms with Crippen LogP contribution in [-0.4, -0.2) is 19.4 Å². The third-order valence-corrected chi connectivity index (χ3v) is 4.13. The van der Waals surface area contributed by atoms with Crippen LogP contribution in [0.1, 0.15) is 13.3 Å². The third kappa shape index (κ3) is 1.14. The predicted octanol–water partition coefficient (Wildman–Crippen LogP) is 0.333. The largest absolute Gasteiger partial charge is 0.229 e. The predicted molar refractivity (Wildman–Crippen MR) is 37.0 cm³/mol. The lowest BCUT2D eigenvalue weighted by Crippen LogP contribution is -2.10. The Morgan fingerprint density at radius 3 is 2.40 bits per heavy atom. The second kappa shape index (κ2) is 2.24. The monoisotopic (exact) mass is 159 g/mol. The van der Waals surface area contributed by atoms with Crippen molar-refractivity contribution in [3.63, 3.8) is 0 Å². The lowest BCUT2D eigenvalue weighted by molar-refractivity contribution is 0.593. The van der Waals surface area contributed by atoms with Crippen molar-refractivity contribution in [2.75, 3.05) is 5.75 Å². The zero-order valence-electron chi connectivity index (χ0n) is 5.74. The summed E-state index contributed by atoms with van der Waals surface area (Å²) in [7, 11) is -2.91. The minimum atomic E-state index is -2.91. The second-order valence-electron chi connectivity index (χ2n) is 2.70. The summed E-state index contributed by atoms with van der Waals surface area (Å²) < 4.78 is 22.0. The van der Waals surface area contributed by atoms with Crippen molar-refractivity contribution in [1.29, 1.82) is 5.26 Å². The Bertz CT molecular complexity index is 262. The van der Waals surface area contributed by atoms with Gasteiger partial charge in [-0.1, -0.05) is 0 Å². The van der Waals surface area contributed by atoms with Gasteiger partial charge in [-0.3, -0.25) is 0 Å². The number of sulfone groups is 1. The van der Waals surface area contributed by atoms with E-state index in [1.54, 1.807) is 6.92 Å². The highest BCUT2D eigenvalue weighted by Crippen LogP contribution is 2.24. The lowest BCUT2D eigenvalue weighted by Gasteiger charge is -1.95. The van der Waals surface area contributed by atoms with Gasteiger partial charge in [-0.15, -0.1) is 0 Å². The molecule has 1 saturated heterocycles. The summed E-state index contributed by atoms with van der Waals surface area (Å²) in [6.45, 7) is 1.66. The molecule has 2 unspecified atom stereocenters. The molecule has 1 aliphatic rings. The Balaban J connectivity index is 2.84. The van der Waals surface area contributed by atoms with Gasteiger partial charge in [0.25, 0.3) is 0 Å². The van der Waals surface area contributed by atoms with Crippen molar-refractivity contribution >= 4 is 9.84 Å². The molecular weight excluding hydrogens is 150 g/mol. The fourth-order valence-corrected chi connectivity index (χ4v) is 2.78. The van der Waals surface area contributed by atoms with Crippen LogP contribution in [0.25, 0.3) is 0 Å². The van der Waals surface area contributed by atoms with Crippen molar-refractivity contribution in [2.24, 2.45) is 5.92 Å². The molecule has 0 amide bonds. The highest BCUT2D eigenvalue weighted by molar-refractivity contribution is 7.92. The Kier molecular flexibility index (Phi) is 1.69. The van der Waals surface area contributed by atoms with Gasteiger partial charge in [-0.25, -0.2) is 8.42 Å². The van der Waals surface area contributed by atoms with Crippen LogP contribution in [0.3, 0.4) is 0 Å². The quantitative estimate of drug-likeness (QED) is 0.512. The van der Waals surface area contributed by atoms with E-state index in [2.05, 4.69) is 0 Å². The van der Waals surface area contributed by atoms with Crippen LogP contribution in [0, 0.1) is 17.2 Å². The molecular formula is C6H9NO2S. The normalized spacial score (nSPS) is 37.2. The van der Waals surface area contributed by atoms with Gasteiger partial charge in [0, 0.05) is 0 Å². The summed E-state index contributed by atoms with van der Waals surface area (Å²) in [6.07, 6.45) is 0.513. The highest BCUT2D eigenvalue weighted by Gasteiger charge is 2.34. The van der Waals surface area contributed by atoms with E-state index < -0.39 is 9.84 Å². The molecule has 0 aromatic heterocycles. The first-order valence-corrected chi connectivity index (χ1v) is 4.89. The minimum Gasteiger partial charge on any atom is -0.229 e. The topological polar surface area (TPSA) is 57.9 Å². The van der Waals surface area contributed by atoms with Crippen molar-refractivity contribution in [1.82, 2.24) is 0 Å². The van der Waals surface area contributed by atoms with Gasteiger partial charge in [0.15, 0.2) is 9.84 Å². The molecule has 0 saturated carbocycles. The minimum absolute atomic E-state index is 0.0602. The Hall–Kier alpha value is -0.560. The molecule has 10 heavy (non-hydrogen) atoms. The molecule has 1 aliphatic heterocycles. The van der Waals surface area contributed by atoms with Crippen LogP contribution in [0.4, 0.5) is 0 Å². The zero-order valence-corrected chi connectivity index (χ0v) is 6.56. The molecule has 0 aromatic rings. The summed E-state index contributed by atoms with van der Waals surface area (Å²) in [6, 6.07) is 1.97. The fourth-order valence-electron chi connectivity index (χ4n) is 1.15. The third-order valence-electron chi connectivity index (χ3n) is 1.85. The SMILES string of the molecule is CC1CC(C#N)CS1(=O)=O. The molecule has 0 aliphatic carbocycles. The molecule has 56 valence electrons. The Morgan fingerprint density at radius 1 is 1.60 bits per heavy atom. The molecule has 0 spiro atoms. The summed E-state index contributed by atoms with van der Waals surface area (Å²) in [5.74, 6) is -0.204. The molecule has 1 heterocycles. The fraction of sp³-hybridized carbons (Fsp3) is 0.833. The molecule has 2 atom stereocenters. The van der Waals surface area contributed by atoms with Crippen molar-refractivity contribution in [2.45, 2.75) is 18.6 Å². The highest BCUT2D eigenvalue weighted by atomic mass is 32.2. The summed E-state index contributed by atoms with van der Waals surface area (Å²) in [4.78, 5) is 0. The van der Waals surface area contributed by atoms with Gasteiger partial charge in [-0.2, -0.15) is 5.26 Å². The summed E-state index contributed by atoms with van der Waals surface area (Å²) >= 11 is 0. The lowest BCUT2D eigenvalue weighted by atomic mass is 10.1. The van der Waals surface area contributed by atoms with Gasteiger partial charge in [0.05, 0.1) is 23.0 Å². The van der Waals surface area contributed by atoms with Gasteiger partial charge < -0.3 is 0 Å². The smallest absolute Gasteiger partial charge is 0.154 e. The van der Waals surface area contributed by atoms with Gasteiger partial charge in [-0.05, 0) is 13.3 Å². The maximum Gasteiger partial charge on any atom is 0.154 e. The van der Waals surface area contributed by atoms with Crippen LogP contribution in [0.15, 0.2) is 0 Å². The van der Waals surface area contributed by atoms with Gasteiger partial charge in [0.1, 0.15) is 0 Å². The van der Waals surface area contributed by atoms with E-state index in [0.29, 0.717) is 6.42 Å². The van der Waals surface area contributed by atoms with Crippen LogP contribution >= 0.6 is 0 Å². The van der Waals surface area contributed by atoms with E-state index in [1.807, 2.05) is 6.07 Å². The van der Waals surface area contributed by atoms with E-state index in [4.69, 9.17) is 5.26 Å². The summed E-state index contributed by atoms with van der Waals surface area (Å²) in [5.41, 5.74) is 0. The first-order chi connectivity index (χ1) is 4.56. The molecule has 0 aromatic carbocycles. The molecule has 4 heteroatoms. The van der Waals surface area contributed by atoms with E-state index in [9.17, 15) is 8.42 Å². The average molecular weight is 159 g/mol.